The van der Waals surface area contributed by atoms with Gasteiger partial charge < -0.3 is 4.90 Å². The van der Waals surface area contributed by atoms with Crippen molar-refractivity contribution in [3.05, 3.63) is 42.0 Å². The number of fused-ring (bicyclic) bond motifs is 3. The predicted octanol–water partition coefficient (Wildman–Crippen LogP) is 3.33. The summed E-state index contributed by atoms with van der Waals surface area (Å²) in [5.41, 5.74) is 2.99. The van der Waals surface area contributed by atoms with Crippen molar-refractivity contribution in [3.8, 4) is 0 Å². The van der Waals surface area contributed by atoms with E-state index in [1.54, 1.807) is 0 Å². The normalized spacial score (nSPS) is 27.7. The van der Waals surface area contributed by atoms with Gasteiger partial charge in [0.05, 0.1) is 0 Å². The van der Waals surface area contributed by atoms with Gasteiger partial charge in [-0.05, 0) is 31.4 Å². The highest BCUT2D eigenvalue weighted by molar-refractivity contribution is 5.63. The Morgan fingerprint density at radius 2 is 2.20 bits per heavy atom. The molecule has 0 radical (unpaired) electrons. The van der Waals surface area contributed by atoms with Gasteiger partial charge in [0.15, 0.2) is 0 Å². The Hall–Kier alpha value is -1.24. The van der Waals surface area contributed by atoms with E-state index in [0.29, 0.717) is 5.92 Å². The first-order valence-electron chi connectivity index (χ1n) is 5.94. The third-order valence-corrected chi connectivity index (χ3v) is 3.73. The smallest absolute Gasteiger partial charge is 0.0408 e. The van der Waals surface area contributed by atoms with Crippen LogP contribution in [0.5, 0.6) is 0 Å². The van der Waals surface area contributed by atoms with Gasteiger partial charge >= 0.3 is 0 Å². The third kappa shape index (κ3) is 1.22. The van der Waals surface area contributed by atoms with Crippen molar-refractivity contribution in [2.75, 3.05) is 11.4 Å². The standard InChI is InChI=1S/C14H17N/c1-2-15-13-9-5-3-7-11(13)12-8-4-6-10-14(12)15/h3-5,7-9,12,14H,2,6,10H2,1H3. The first-order chi connectivity index (χ1) is 7.42. The monoisotopic (exact) mass is 199 g/mol. The van der Waals surface area contributed by atoms with Gasteiger partial charge in [-0.3, -0.25) is 0 Å². The fourth-order valence-corrected chi connectivity index (χ4v) is 3.09. The average Bonchev–Trinajstić information content (AvgIpc) is 2.63. The number of rotatable bonds is 1. The lowest BCUT2D eigenvalue weighted by molar-refractivity contribution is 0.534. The van der Waals surface area contributed by atoms with Crippen LogP contribution in [0.25, 0.3) is 0 Å². The molecule has 0 fully saturated rings. The molecule has 2 unspecified atom stereocenters. The molecule has 0 bridgehead atoms. The largest absolute Gasteiger partial charge is 0.368 e. The van der Waals surface area contributed by atoms with Gasteiger partial charge in [0.1, 0.15) is 0 Å². The summed E-state index contributed by atoms with van der Waals surface area (Å²) in [6.45, 7) is 3.39. The molecular formula is C14H17N. The number of nitrogens with zero attached hydrogens (tertiary/aromatic N) is 1. The maximum absolute atomic E-state index is 2.57. The summed E-state index contributed by atoms with van der Waals surface area (Å²) in [6, 6.07) is 9.60. The molecular weight excluding hydrogens is 182 g/mol. The van der Waals surface area contributed by atoms with E-state index in [2.05, 4.69) is 48.2 Å². The van der Waals surface area contributed by atoms with Crippen LogP contribution in [-0.4, -0.2) is 12.6 Å². The summed E-state index contributed by atoms with van der Waals surface area (Å²) in [4.78, 5) is 2.57. The Labute approximate surface area is 91.4 Å². The molecule has 0 aromatic heterocycles. The van der Waals surface area contributed by atoms with Crippen LogP contribution in [0.2, 0.25) is 0 Å². The van der Waals surface area contributed by atoms with Crippen LogP contribution in [0.1, 0.15) is 31.2 Å². The molecule has 1 heterocycles. The first kappa shape index (κ1) is 9.02. The quantitative estimate of drug-likeness (QED) is 0.627. The number of hydrogen-bond donors (Lipinski definition) is 0. The molecule has 0 saturated carbocycles. The molecule has 2 aliphatic rings. The molecule has 1 heteroatoms. The molecule has 1 aliphatic carbocycles. The minimum atomic E-state index is 0.648. The van der Waals surface area contributed by atoms with Crippen LogP contribution in [-0.2, 0) is 0 Å². The van der Waals surface area contributed by atoms with E-state index in [9.17, 15) is 0 Å². The van der Waals surface area contributed by atoms with Crippen LogP contribution < -0.4 is 4.90 Å². The SMILES string of the molecule is CCN1c2ccccc2C2C=CCCC21. The van der Waals surface area contributed by atoms with Gasteiger partial charge in [0.2, 0.25) is 0 Å². The Morgan fingerprint density at radius 1 is 1.33 bits per heavy atom. The van der Waals surface area contributed by atoms with Crippen molar-refractivity contribution in [2.24, 2.45) is 0 Å². The number of likely N-dealkylation sites (N-methyl/N-ethyl adjacent to an activating group) is 1. The summed E-state index contributed by atoms with van der Waals surface area (Å²) in [6.07, 6.45) is 7.30. The Balaban J connectivity index is 2.11. The lowest BCUT2D eigenvalue weighted by Gasteiger charge is -2.30. The van der Waals surface area contributed by atoms with Crippen molar-refractivity contribution >= 4 is 5.69 Å². The van der Waals surface area contributed by atoms with Gasteiger partial charge in [-0.2, -0.15) is 0 Å². The van der Waals surface area contributed by atoms with Crippen molar-refractivity contribution in [3.63, 3.8) is 0 Å². The highest BCUT2D eigenvalue weighted by Gasteiger charge is 2.36. The van der Waals surface area contributed by atoms with Crippen LogP contribution in [0.4, 0.5) is 5.69 Å². The van der Waals surface area contributed by atoms with Gasteiger partial charge in [0, 0.05) is 24.2 Å². The van der Waals surface area contributed by atoms with E-state index in [4.69, 9.17) is 0 Å². The summed E-state index contributed by atoms with van der Waals surface area (Å²) in [5, 5.41) is 0. The van der Waals surface area contributed by atoms with Crippen molar-refractivity contribution in [1.82, 2.24) is 0 Å². The second kappa shape index (κ2) is 3.41. The molecule has 0 spiro atoms. The van der Waals surface area contributed by atoms with E-state index in [0.717, 1.165) is 12.6 Å². The van der Waals surface area contributed by atoms with Gasteiger partial charge in [-0.25, -0.2) is 0 Å². The molecule has 0 amide bonds. The Morgan fingerprint density at radius 3 is 3.07 bits per heavy atom. The van der Waals surface area contributed by atoms with E-state index in [-0.39, 0.29) is 0 Å². The zero-order chi connectivity index (χ0) is 10.3. The molecule has 0 saturated heterocycles. The third-order valence-electron chi connectivity index (χ3n) is 3.73. The number of anilines is 1. The molecule has 1 aromatic rings. The summed E-state index contributed by atoms with van der Waals surface area (Å²) >= 11 is 0. The maximum Gasteiger partial charge on any atom is 0.0408 e. The predicted molar refractivity (Wildman–Crippen MR) is 64.4 cm³/mol. The minimum Gasteiger partial charge on any atom is -0.368 e. The molecule has 15 heavy (non-hydrogen) atoms. The first-order valence-corrected chi connectivity index (χ1v) is 5.94. The molecule has 0 N–H and O–H groups in total. The number of para-hydroxylation sites is 1. The fraction of sp³-hybridized carbons (Fsp3) is 0.429. The molecule has 1 aromatic carbocycles. The van der Waals surface area contributed by atoms with Gasteiger partial charge in [-0.15, -0.1) is 0 Å². The molecule has 1 nitrogen and oxygen atoms in total. The molecule has 2 atom stereocenters. The number of benzene rings is 1. The van der Waals surface area contributed by atoms with E-state index >= 15 is 0 Å². The summed E-state index contributed by atoms with van der Waals surface area (Å²) in [7, 11) is 0. The zero-order valence-corrected chi connectivity index (χ0v) is 9.19. The van der Waals surface area contributed by atoms with Crippen LogP contribution in [0.15, 0.2) is 36.4 Å². The Bertz CT molecular complexity index is 394. The molecule has 78 valence electrons. The fourth-order valence-electron chi connectivity index (χ4n) is 3.09. The van der Waals surface area contributed by atoms with Crippen LogP contribution in [0.3, 0.4) is 0 Å². The molecule has 1 aliphatic heterocycles. The lowest BCUT2D eigenvalue weighted by atomic mass is 9.88. The number of allylic oxidation sites excluding steroid dienone is 1. The van der Waals surface area contributed by atoms with Crippen LogP contribution >= 0.6 is 0 Å². The van der Waals surface area contributed by atoms with E-state index in [1.807, 2.05) is 0 Å². The highest BCUT2D eigenvalue weighted by atomic mass is 15.2. The second-order valence-corrected chi connectivity index (χ2v) is 4.44. The summed E-state index contributed by atoms with van der Waals surface area (Å²) in [5.74, 6) is 0.648. The van der Waals surface area contributed by atoms with Gasteiger partial charge in [-0.1, -0.05) is 30.4 Å². The average molecular weight is 199 g/mol. The minimum absolute atomic E-state index is 0.648. The van der Waals surface area contributed by atoms with E-state index in [1.165, 1.54) is 24.1 Å². The van der Waals surface area contributed by atoms with Crippen molar-refractivity contribution in [1.29, 1.82) is 0 Å². The lowest BCUT2D eigenvalue weighted by Crippen LogP contribution is -2.34. The van der Waals surface area contributed by atoms with Crippen molar-refractivity contribution in [2.45, 2.75) is 31.7 Å². The molecule has 3 rings (SSSR count). The summed E-state index contributed by atoms with van der Waals surface area (Å²) < 4.78 is 0. The topological polar surface area (TPSA) is 3.24 Å². The highest BCUT2D eigenvalue weighted by Crippen LogP contribution is 2.44. The van der Waals surface area contributed by atoms with Crippen molar-refractivity contribution < 1.29 is 0 Å². The zero-order valence-electron chi connectivity index (χ0n) is 9.19. The number of hydrogen-bond acceptors (Lipinski definition) is 1. The van der Waals surface area contributed by atoms with Gasteiger partial charge in [0.25, 0.3) is 0 Å². The second-order valence-electron chi connectivity index (χ2n) is 4.44. The maximum atomic E-state index is 2.57. The van der Waals surface area contributed by atoms with Crippen LogP contribution in [0, 0.1) is 0 Å². The van der Waals surface area contributed by atoms with E-state index < -0.39 is 0 Å². The Kier molecular flexibility index (Phi) is 2.05.